The van der Waals surface area contributed by atoms with Crippen molar-refractivity contribution in [2.75, 3.05) is 50.7 Å². The number of nitrogens with one attached hydrogen (secondary N) is 2. The van der Waals surface area contributed by atoms with Crippen LogP contribution in [0.2, 0.25) is 0 Å². The van der Waals surface area contributed by atoms with Crippen molar-refractivity contribution in [1.29, 1.82) is 0 Å². The number of aromatic hydroxyl groups is 1. The van der Waals surface area contributed by atoms with Gasteiger partial charge in [-0.05, 0) is 56.7 Å². The Labute approximate surface area is 446 Å². The van der Waals surface area contributed by atoms with Crippen molar-refractivity contribution in [3.63, 3.8) is 0 Å². The summed E-state index contributed by atoms with van der Waals surface area (Å²) >= 11 is 0. The summed E-state index contributed by atoms with van der Waals surface area (Å²) in [6.45, 7) is 17.0. The van der Waals surface area contributed by atoms with E-state index in [0.29, 0.717) is 44.8 Å². The van der Waals surface area contributed by atoms with E-state index in [1.54, 1.807) is 50.8 Å². The van der Waals surface area contributed by atoms with Gasteiger partial charge in [-0.2, -0.15) is 13.2 Å². The summed E-state index contributed by atoms with van der Waals surface area (Å²) in [5.41, 5.74) is -1.56. The van der Waals surface area contributed by atoms with Crippen LogP contribution in [0.4, 0.5) is 19.0 Å². The summed E-state index contributed by atoms with van der Waals surface area (Å²) in [6.07, 6.45) is 0.392. The van der Waals surface area contributed by atoms with Gasteiger partial charge in [0.15, 0.2) is 0 Å². The van der Waals surface area contributed by atoms with Gasteiger partial charge in [0.1, 0.15) is 46.9 Å². The first-order valence-electron chi connectivity index (χ1n) is 26.5. The van der Waals surface area contributed by atoms with E-state index in [4.69, 9.17) is 19.2 Å². The van der Waals surface area contributed by atoms with Crippen molar-refractivity contribution in [3.05, 3.63) is 93.7 Å². The van der Waals surface area contributed by atoms with Gasteiger partial charge >= 0.3 is 17.9 Å². The molecule has 7 heterocycles. The minimum atomic E-state index is -4.63. The fourth-order valence-electron chi connectivity index (χ4n) is 10.9. The fourth-order valence-corrected chi connectivity index (χ4v) is 10.9. The number of carbonyl (C=O) groups is 5. The van der Waals surface area contributed by atoms with Gasteiger partial charge in [-0.25, -0.2) is 4.98 Å². The van der Waals surface area contributed by atoms with Crippen LogP contribution in [0.5, 0.6) is 11.5 Å². The van der Waals surface area contributed by atoms with Crippen LogP contribution in [0, 0.1) is 30.6 Å². The number of fused-ring (bicyclic) bond motifs is 13. The molecule has 1 aromatic carbocycles. The van der Waals surface area contributed by atoms with E-state index in [1.807, 2.05) is 0 Å². The van der Waals surface area contributed by atoms with Crippen molar-refractivity contribution in [2.45, 2.75) is 130 Å². The first kappa shape index (κ1) is 56.6. The largest absolute Gasteiger partial charge is 0.507 e. The molecule has 6 aliphatic heterocycles. The third-order valence-corrected chi connectivity index (χ3v) is 15.6. The summed E-state index contributed by atoms with van der Waals surface area (Å²) in [5.74, 6) is -7.32. The molecule has 2 unspecified atom stereocenters. The standard InChI is InChI=1S/C56H70F3N7O11/c1-30(2)29-64-22-18-55(19-23-64)62-45-42-43-48(71)35(7)51-44(42)52(73)54(8,77-51)75-26-11-15-32(4)50(34(6)37(68)27-36(67)31(3)13-9-14-33(5)53(74)61-47(49(43)72)46(45)63-55)76-41(70)28-40(69)66-21-12-20-65(24-25-66)39-17-10-16-38(60-39)56(57,58)59/h9-11,13-14,16-17,26,30-32,34,36-37,50,63,67-68,71H,12,15,18-25,27-29H2,1-8H3,(H,61,74)/b13-9+,26-11+,33-14-/t31?,32-,34-,36-,37?,50-,54+/m1/s1. The second-order valence-electron chi connectivity index (χ2n) is 21.9. The Balaban J connectivity index is 1.06. The van der Waals surface area contributed by atoms with E-state index in [0.717, 1.165) is 12.6 Å². The highest BCUT2D eigenvalue weighted by Crippen LogP contribution is 2.50. The molecule has 2 saturated heterocycles. The number of aromatic nitrogens is 1. The first-order chi connectivity index (χ1) is 36.3. The zero-order valence-electron chi connectivity index (χ0n) is 44.8. The van der Waals surface area contributed by atoms with Gasteiger partial charge in [0.05, 0.1) is 41.0 Å². The molecular weight excluding hydrogens is 1000 g/mol. The Hall–Kier alpha value is -6.58. The molecular formula is C56H70F3N7O11. The number of phenols is 1. The third kappa shape index (κ3) is 11.8. The third-order valence-electron chi connectivity index (χ3n) is 15.6. The molecule has 0 saturated carbocycles. The molecule has 1 spiro atoms. The summed E-state index contributed by atoms with van der Waals surface area (Å²) in [7, 11) is 0. The highest BCUT2D eigenvalue weighted by atomic mass is 19.4. The van der Waals surface area contributed by atoms with Crippen molar-refractivity contribution in [2.24, 2.45) is 28.7 Å². The Morgan fingerprint density at radius 3 is 2.39 bits per heavy atom. The summed E-state index contributed by atoms with van der Waals surface area (Å²) in [6, 6.07) is 3.64. The Morgan fingerprint density at radius 2 is 1.69 bits per heavy atom. The van der Waals surface area contributed by atoms with Crippen molar-refractivity contribution < 1.29 is 66.7 Å². The van der Waals surface area contributed by atoms with Crippen molar-refractivity contribution in [3.8, 4) is 11.5 Å². The number of carbonyl (C=O) groups excluding carboxylic acids is 5. The summed E-state index contributed by atoms with van der Waals surface area (Å²) in [5, 5.41) is 41.1. The number of benzene rings is 1. The Bertz CT molecular complexity index is 2840. The average molecular weight is 1070 g/mol. The van der Waals surface area contributed by atoms with Crippen LogP contribution in [0.25, 0.3) is 0 Å². The average Bonchev–Trinajstić information content (AvgIpc) is 3.74. The molecule has 0 radical (unpaired) electrons. The maximum absolute atomic E-state index is 14.8. The Kier molecular flexibility index (Phi) is 16.5. The topological polar surface area (TPSA) is 233 Å². The lowest BCUT2D eigenvalue weighted by atomic mass is 9.82. The highest BCUT2D eigenvalue weighted by molar-refractivity contribution is 6.34. The van der Waals surface area contributed by atoms with Crippen LogP contribution >= 0.6 is 0 Å². The Morgan fingerprint density at radius 1 is 0.961 bits per heavy atom. The number of phenolic OH excluding ortho intramolecular Hbond substituents is 1. The summed E-state index contributed by atoms with van der Waals surface area (Å²) < 4.78 is 58.7. The lowest BCUT2D eigenvalue weighted by molar-refractivity contribution is -0.161. The summed E-state index contributed by atoms with van der Waals surface area (Å²) in [4.78, 5) is 85.4. The monoisotopic (exact) mass is 1070 g/mol. The number of alkyl halides is 3. The van der Waals surface area contributed by atoms with Gasteiger partial charge in [-0.15, -0.1) is 0 Å². The van der Waals surface area contributed by atoms with Gasteiger partial charge in [-0.1, -0.05) is 58.9 Å². The van der Waals surface area contributed by atoms with Crippen LogP contribution in [0.3, 0.4) is 0 Å². The van der Waals surface area contributed by atoms with E-state index in [1.165, 1.54) is 43.2 Å². The highest BCUT2D eigenvalue weighted by Gasteiger charge is 2.54. The van der Waals surface area contributed by atoms with Gasteiger partial charge in [0.2, 0.25) is 11.7 Å². The number of Topliss-reactive ketones (excluding diaryl/α,β-unsaturated/α-hetero) is 2. The number of hydrogen-bond acceptors (Lipinski definition) is 16. The molecule has 1 aromatic heterocycles. The number of rotatable bonds is 6. The lowest BCUT2D eigenvalue weighted by Gasteiger charge is -2.38. The zero-order valence-corrected chi connectivity index (χ0v) is 44.8. The number of aliphatic hydroxyl groups excluding tert-OH is 2. The number of pyridine rings is 1. The van der Waals surface area contributed by atoms with Gasteiger partial charge in [0, 0.05) is 101 Å². The van der Waals surface area contributed by atoms with Crippen LogP contribution in [-0.4, -0.2) is 141 Å². The number of aliphatic hydroxyl groups is 2. The second kappa shape index (κ2) is 22.4. The first-order valence-corrected chi connectivity index (χ1v) is 26.5. The molecule has 9 rings (SSSR count). The number of aliphatic imine (C=N–C) groups is 1. The van der Waals surface area contributed by atoms with Crippen LogP contribution < -0.4 is 20.3 Å². The molecule has 5 bridgehead atoms. The van der Waals surface area contributed by atoms with Gasteiger partial charge in [0.25, 0.3) is 11.7 Å². The molecule has 18 nitrogen and oxygen atoms in total. The number of piperidine rings is 1. The number of hydrogen-bond donors (Lipinski definition) is 5. The number of likely N-dealkylation sites (tertiary alicyclic amines) is 1. The van der Waals surface area contributed by atoms with Crippen LogP contribution in [0.1, 0.15) is 125 Å². The predicted molar refractivity (Wildman–Crippen MR) is 278 cm³/mol. The maximum Gasteiger partial charge on any atom is 0.433 e. The molecule has 2 fully saturated rings. The van der Waals surface area contributed by atoms with E-state index in [2.05, 4.69) is 34.4 Å². The number of halogens is 3. The number of ketones is 2. The number of allylic oxidation sites excluding steroid dienone is 5. The maximum atomic E-state index is 14.8. The molecule has 21 heteroatoms. The van der Waals surface area contributed by atoms with Crippen LogP contribution in [0.15, 0.2) is 70.7 Å². The second-order valence-corrected chi connectivity index (χ2v) is 21.9. The number of nitrogens with zero attached hydrogens (tertiary/aromatic N) is 5. The molecule has 416 valence electrons. The van der Waals surface area contributed by atoms with Gasteiger partial charge in [-0.3, -0.25) is 29.0 Å². The zero-order chi connectivity index (χ0) is 55.9. The number of anilines is 1. The van der Waals surface area contributed by atoms with E-state index < -0.39 is 101 Å². The smallest absolute Gasteiger partial charge is 0.433 e. The lowest BCUT2D eigenvalue weighted by Crippen LogP contribution is -2.50. The molecule has 7 atom stereocenters. The van der Waals surface area contributed by atoms with E-state index >= 15 is 0 Å². The normalized spacial score (nSPS) is 28.9. The number of amides is 2. The van der Waals surface area contributed by atoms with Crippen LogP contribution in [-0.2, 0) is 30.0 Å². The molecule has 5 N–H and O–H groups in total. The van der Waals surface area contributed by atoms with E-state index in [-0.39, 0.29) is 89.0 Å². The molecule has 77 heavy (non-hydrogen) atoms. The number of ether oxygens (including phenoxy) is 3. The quantitative estimate of drug-likeness (QED) is 0.159. The number of esters is 1. The molecule has 2 aromatic rings. The predicted octanol–water partition coefficient (Wildman–Crippen LogP) is 6.27. The molecule has 7 aliphatic rings. The molecule has 2 amide bonds. The van der Waals surface area contributed by atoms with Crippen molar-refractivity contribution >= 4 is 40.9 Å². The molecule has 1 aliphatic carbocycles. The van der Waals surface area contributed by atoms with E-state index in [9.17, 15) is 52.5 Å². The minimum Gasteiger partial charge on any atom is -0.507 e. The fraction of sp³-hybridized carbons (Fsp3) is 0.554. The van der Waals surface area contributed by atoms with Gasteiger partial charge < -0.3 is 54.9 Å². The minimum absolute atomic E-state index is 0.00683. The van der Waals surface area contributed by atoms with Crippen molar-refractivity contribution in [1.82, 2.24) is 25.4 Å². The SMILES string of the molecule is C/C1=C/C=C/C(C)[C@H](O)CC(O)[C@@H](C)[C@H](OC(=O)CC(=O)N2CCCN(c3cccc(C(F)(F)F)n3)CC2)[C@H](C)C/C=C/O[C@@]2(C)Oc3c(C)c(O)c4c(c3C2=O)C2=NC3(CCN(CC(C)C)CC3)NC2=C(NC1=O)C4=O.